The third kappa shape index (κ3) is 4.26. The molecule has 2 aromatic rings. The van der Waals surface area contributed by atoms with Crippen LogP contribution in [0.25, 0.3) is 0 Å². The number of carbonyl (C=O) groups excluding carboxylic acids is 1. The first-order valence-corrected chi connectivity index (χ1v) is 8.81. The lowest BCUT2D eigenvalue weighted by Crippen LogP contribution is -2.43. The number of hydrogen-bond donors (Lipinski definition) is 0. The van der Waals surface area contributed by atoms with E-state index in [2.05, 4.69) is 17.0 Å². The van der Waals surface area contributed by atoms with E-state index < -0.39 is 4.92 Å². The molecule has 0 saturated carbocycles. The van der Waals surface area contributed by atoms with Gasteiger partial charge in [-0.2, -0.15) is 0 Å². The van der Waals surface area contributed by atoms with Crippen molar-refractivity contribution in [3.63, 3.8) is 0 Å². The van der Waals surface area contributed by atoms with E-state index in [1.807, 2.05) is 18.2 Å². The predicted molar refractivity (Wildman–Crippen MR) is 99.4 cm³/mol. The van der Waals surface area contributed by atoms with E-state index in [0.717, 1.165) is 31.5 Å². The monoisotopic (exact) mass is 353 g/mol. The maximum absolute atomic E-state index is 12.9. The molecule has 6 heteroatoms. The van der Waals surface area contributed by atoms with Crippen molar-refractivity contribution in [3.8, 4) is 0 Å². The summed E-state index contributed by atoms with van der Waals surface area (Å²) in [6, 6.07) is 16.5. The number of amides is 1. The van der Waals surface area contributed by atoms with Crippen LogP contribution in [0.4, 0.5) is 5.69 Å². The normalized spacial score (nSPS) is 17.2. The van der Waals surface area contributed by atoms with Gasteiger partial charge < -0.3 is 4.90 Å². The topological polar surface area (TPSA) is 66.7 Å². The largest absolute Gasteiger partial charge is 0.340 e. The van der Waals surface area contributed by atoms with Gasteiger partial charge in [0, 0.05) is 32.3 Å². The number of rotatable bonds is 6. The molecule has 0 unspecified atom stereocenters. The summed E-state index contributed by atoms with van der Waals surface area (Å²) in [6.07, 6.45) is 1.89. The number of nitrogens with zero attached hydrogens (tertiary/aromatic N) is 3. The highest BCUT2D eigenvalue weighted by Gasteiger charge is 2.32. The number of likely N-dealkylation sites (tertiary alicyclic amines) is 1. The van der Waals surface area contributed by atoms with Gasteiger partial charge in [-0.3, -0.25) is 19.8 Å². The van der Waals surface area contributed by atoms with Gasteiger partial charge in [-0.05, 0) is 30.5 Å². The number of hydrogen-bond acceptors (Lipinski definition) is 4. The van der Waals surface area contributed by atoms with Gasteiger partial charge in [-0.15, -0.1) is 0 Å². The first-order valence-electron chi connectivity index (χ1n) is 8.81. The van der Waals surface area contributed by atoms with Crippen molar-refractivity contribution in [2.75, 3.05) is 13.6 Å². The molecule has 1 aliphatic heterocycles. The minimum atomic E-state index is -0.418. The lowest BCUT2D eigenvalue weighted by atomic mass is 10.1. The molecule has 0 N–H and O–H groups in total. The molecule has 3 rings (SSSR count). The van der Waals surface area contributed by atoms with Crippen molar-refractivity contribution in [2.45, 2.75) is 32.0 Å². The quantitative estimate of drug-likeness (QED) is 0.591. The summed E-state index contributed by atoms with van der Waals surface area (Å²) >= 11 is 0. The third-order valence-corrected chi connectivity index (χ3v) is 4.82. The van der Waals surface area contributed by atoms with Crippen LogP contribution in [0, 0.1) is 10.1 Å². The van der Waals surface area contributed by atoms with Crippen molar-refractivity contribution < 1.29 is 9.72 Å². The fourth-order valence-corrected chi connectivity index (χ4v) is 3.44. The highest BCUT2D eigenvalue weighted by atomic mass is 16.6. The summed E-state index contributed by atoms with van der Waals surface area (Å²) in [5.41, 5.74) is 2.16. The predicted octanol–water partition coefficient (Wildman–Crippen LogP) is 3.22. The van der Waals surface area contributed by atoms with Crippen molar-refractivity contribution in [1.82, 2.24) is 9.80 Å². The Bertz CT molecular complexity index is 762. The van der Waals surface area contributed by atoms with E-state index in [0.29, 0.717) is 6.54 Å². The second-order valence-corrected chi connectivity index (χ2v) is 6.73. The van der Waals surface area contributed by atoms with E-state index in [9.17, 15) is 14.9 Å². The van der Waals surface area contributed by atoms with Crippen molar-refractivity contribution >= 4 is 11.6 Å². The van der Waals surface area contributed by atoms with Gasteiger partial charge in [0.15, 0.2) is 0 Å². The SMILES string of the molecule is CN(Cc1ccc([N+](=O)[O-])cc1)C(=O)[C@@H]1CCCN1Cc1ccccc1. The zero-order valence-electron chi connectivity index (χ0n) is 14.9. The molecular weight excluding hydrogens is 330 g/mol. The van der Waals surface area contributed by atoms with Crippen LogP contribution < -0.4 is 0 Å². The maximum Gasteiger partial charge on any atom is 0.269 e. The van der Waals surface area contributed by atoms with E-state index >= 15 is 0 Å². The zero-order chi connectivity index (χ0) is 18.5. The molecule has 26 heavy (non-hydrogen) atoms. The fourth-order valence-electron chi connectivity index (χ4n) is 3.44. The van der Waals surface area contributed by atoms with E-state index in [1.54, 1.807) is 24.1 Å². The average Bonchev–Trinajstić information content (AvgIpc) is 3.10. The molecule has 0 aliphatic carbocycles. The Hall–Kier alpha value is -2.73. The van der Waals surface area contributed by atoms with Crippen LogP contribution in [-0.4, -0.2) is 40.3 Å². The van der Waals surface area contributed by atoms with Gasteiger partial charge in [0.25, 0.3) is 5.69 Å². The molecule has 0 radical (unpaired) electrons. The van der Waals surface area contributed by atoms with Crippen LogP contribution in [0.2, 0.25) is 0 Å². The van der Waals surface area contributed by atoms with Gasteiger partial charge in [0.05, 0.1) is 11.0 Å². The molecule has 1 amide bonds. The molecule has 1 aliphatic rings. The van der Waals surface area contributed by atoms with E-state index in [4.69, 9.17) is 0 Å². The standard InChI is InChI=1S/C20H23N3O3/c1-21(14-17-9-11-18(12-10-17)23(25)26)20(24)19-8-5-13-22(19)15-16-6-3-2-4-7-16/h2-4,6-7,9-12,19H,5,8,13-15H2,1H3/t19-/m0/s1. The Balaban J connectivity index is 1.62. The Morgan fingerprint density at radius 2 is 1.85 bits per heavy atom. The van der Waals surface area contributed by atoms with Gasteiger partial charge in [-0.25, -0.2) is 0 Å². The Morgan fingerprint density at radius 3 is 2.50 bits per heavy atom. The van der Waals surface area contributed by atoms with Crippen molar-refractivity contribution in [1.29, 1.82) is 0 Å². The van der Waals surface area contributed by atoms with Gasteiger partial charge in [0.2, 0.25) is 5.91 Å². The zero-order valence-corrected chi connectivity index (χ0v) is 14.9. The molecule has 1 saturated heterocycles. The van der Waals surface area contributed by atoms with Crippen LogP contribution in [-0.2, 0) is 17.9 Å². The second kappa shape index (κ2) is 8.10. The molecule has 1 atom stereocenters. The molecule has 0 aromatic heterocycles. The molecule has 0 spiro atoms. The first-order chi connectivity index (χ1) is 12.5. The fraction of sp³-hybridized carbons (Fsp3) is 0.350. The smallest absolute Gasteiger partial charge is 0.269 e. The Kier molecular flexibility index (Phi) is 5.63. The summed E-state index contributed by atoms with van der Waals surface area (Å²) in [6.45, 7) is 2.16. The van der Waals surface area contributed by atoms with Crippen molar-refractivity contribution in [2.24, 2.45) is 0 Å². The van der Waals surface area contributed by atoms with Gasteiger partial charge in [0.1, 0.15) is 0 Å². The van der Waals surface area contributed by atoms with Crippen LogP contribution in [0.3, 0.4) is 0 Å². The number of carbonyl (C=O) groups is 1. The van der Waals surface area contributed by atoms with Crippen molar-refractivity contribution in [3.05, 3.63) is 75.8 Å². The third-order valence-electron chi connectivity index (χ3n) is 4.82. The lowest BCUT2D eigenvalue weighted by molar-refractivity contribution is -0.384. The highest BCUT2D eigenvalue weighted by Crippen LogP contribution is 2.22. The number of benzene rings is 2. The Labute approximate surface area is 153 Å². The maximum atomic E-state index is 12.9. The number of nitro groups is 1. The molecule has 0 bridgehead atoms. The molecular formula is C20H23N3O3. The highest BCUT2D eigenvalue weighted by molar-refractivity contribution is 5.82. The van der Waals surface area contributed by atoms with E-state index in [1.165, 1.54) is 17.7 Å². The average molecular weight is 353 g/mol. The number of non-ortho nitro benzene ring substituents is 1. The summed E-state index contributed by atoms with van der Waals surface area (Å²) in [5, 5.41) is 10.7. The molecule has 136 valence electrons. The molecule has 6 nitrogen and oxygen atoms in total. The molecule has 1 heterocycles. The van der Waals surface area contributed by atoms with Crippen LogP contribution in [0.1, 0.15) is 24.0 Å². The van der Waals surface area contributed by atoms with Gasteiger partial charge in [-0.1, -0.05) is 42.5 Å². The van der Waals surface area contributed by atoms with Gasteiger partial charge >= 0.3 is 0 Å². The summed E-state index contributed by atoms with van der Waals surface area (Å²) in [5.74, 6) is 0.108. The first kappa shape index (κ1) is 18.1. The summed E-state index contributed by atoms with van der Waals surface area (Å²) < 4.78 is 0. The minimum Gasteiger partial charge on any atom is -0.340 e. The molecule has 1 fully saturated rings. The van der Waals surface area contributed by atoms with E-state index in [-0.39, 0.29) is 17.6 Å². The number of likely N-dealkylation sites (N-methyl/N-ethyl adjacent to an activating group) is 1. The van der Waals surface area contributed by atoms with Crippen LogP contribution >= 0.6 is 0 Å². The summed E-state index contributed by atoms with van der Waals surface area (Å²) in [7, 11) is 1.79. The number of nitro benzene ring substituents is 1. The lowest BCUT2D eigenvalue weighted by Gasteiger charge is -2.28. The van der Waals surface area contributed by atoms with Crippen LogP contribution in [0.15, 0.2) is 54.6 Å². The van der Waals surface area contributed by atoms with Crippen LogP contribution in [0.5, 0.6) is 0 Å². The summed E-state index contributed by atoms with van der Waals surface area (Å²) in [4.78, 5) is 27.2. The minimum absolute atomic E-state index is 0.0626. The molecule has 2 aromatic carbocycles. The Morgan fingerprint density at radius 1 is 1.15 bits per heavy atom. The second-order valence-electron chi connectivity index (χ2n) is 6.73.